The van der Waals surface area contributed by atoms with Crippen molar-refractivity contribution in [2.75, 3.05) is 26.2 Å². The van der Waals surface area contributed by atoms with Crippen LogP contribution in [0.25, 0.3) is 0 Å². The molecular weight excluding hydrogens is 232 g/mol. The summed E-state index contributed by atoms with van der Waals surface area (Å²) >= 11 is 0. The normalized spacial score (nSPS) is 24.5. The van der Waals surface area contributed by atoms with Gasteiger partial charge >= 0.3 is 0 Å². The molecule has 1 aliphatic carbocycles. The molecule has 2 aliphatic rings. The minimum Gasteiger partial charge on any atom is -0.314 e. The molecule has 0 atom stereocenters. The van der Waals surface area contributed by atoms with Gasteiger partial charge < -0.3 is 10.2 Å². The number of hydrogen-bond donors (Lipinski definition) is 1. The molecule has 0 aromatic rings. The molecule has 112 valence electrons. The molecule has 1 aliphatic heterocycles. The third-order valence-electron chi connectivity index (χ3n) is 5.22. The molecule has 2 fully saturated rings. The Morgan fingerprint density at radius 2 is 1.63 bits per heavy atom. The molecule has 0 unspecified atom stereocenters. The molecule has 0 amide bonds. The fraction of sp³-hybridized carbons (Fsp3) is 1.00. The lowest BCUT2D eigenvalue weighted by Crippen LogP contribution is -2.46. The maximum absolute atomic E-state index is 3.60. The second-order valence-corrected chi connectivity index (χ2v) is 8.18. The number of nitrogens with zero attached hydrogens (tertiary/aromatic N) is 1. The molecule has 1 N–H and O–H groups in total. The van der Waals surface area contributed by atoms with Crippen LogP contribution in [0.15, 0.2) is 0 Å². The molecule has 0 radical (unpaired) electrons. The Morgan fingerprint density at radius 3 is 2.16 bits per heavy atom. The Balaban J connectivity index is 1.75. The average Bonchev–Trinajstić information content (AvgIpc) is 2.79. The molecule has 1 saturated carbocycles. The molecule has 1 heterocycles. The van der Waals surface area contributed by atoms with Gasteiger partial charge in [-0.2, -0.15) is 0 Å². The van der Waals surface area contributed by atoms with Crippen molar-refractivity contribution in [3.05, 3.63) is 0 Å². The van der Waals surface area contributed by atoms with Crippen molar-refractivity contribution in [1.29, 1.82) is 0 Å². The topological polar surface area (TPSA) is 15.3 Å². The third-order valence-corrected chi connectivity index (χ3v) is 5.22. The van der Waals surface area contributed by atoms with Gasteiger partial charge in [0.05, 0.1) is 0 Å². The van der Waals surface area contributed by atoms with Gasteiger partial charge in [0.25, 0.3) is 0 Å². The van der Waals surface area contributed by atoms with Crippen LogP contribution in [0.2, 0.25) is 0 Å². The largest absolute Gasteiger partial charge is 0.314 e. The van der Waals surface area contributed by atoms with Crippen LogP contribution in [0.4, 0.5) is 0 Å². The summed E-state index contributed by atoms with van der Waals surface area (Å²) in [6, 6.07) is 0.599. The van der Waals surface area contributed by atoms with Crippen molar-refractivity contribution in [1.82, 2.24) is 10.2 Å². The number of rotatable bonds is 5. The van der Waals surface area contributed by atoms with E-state index in [1.807, 2.05) is 0 Å². The van der Waals surface area contributed by atoms with Gasteiger partial charge in [0.15, 0.2) is 0 Å². The van der Waals surface area contributed by atoms with Crippen LogP contribution in [-0.4, -0.2) is 37.1 Å². The van der Waals surface area contributed by atoms with E-state index < -0.39 is 0 Å². The van der Waals surface area contributed by atoms with Crippen LogP contribution in [-0.2, 0) is 0 Å². The molecule has 0 bridgehead atoms. The summed E-state index contributed by atoms with van der Waals surface area (Å²) in [5.41, 5.74) is 1.15. The summed E-state index contributed by atoms with van der Waals surface area (Å²) in [5.74, 6) is 0. The summed E-state index contributed by atoms with van der Waals surface area (Å²) in [6.45, 7) is 14.3. The summed E-state index contributed by atoms with van der Waals surface area (Å²) in [7, 11) is 0. The maximum Gasteiger partial charge on any atom is 0.00448 e. The Morgan fingerprint density at radius 1 is 1.05 bits per heavy atom. The zero-order chi connectivity index (χ0) is 13.9. The first kappa shape index (κ1) is 15.3. The molecule has 19 heavy (non-hydrogen) atoms. The van der Waals surface area contributed by atoms with Crippen LogP contribution >= 0.6 is 0 Å². The molecule has 2 nitrogen and oxygen atoms in total. The van der Waals surface area contributed by atoms with Gasteiger partial charge in [-0.05, 0) is 49.6 Å². The quantitative estimate of drug-likeness (QED) is 0.817. The first-order chi connectivity index (χ1) is 8.91. The zero-order valence-corrected chi connectivity index (χ0v) is 13.6. The Bertz CT molecular complexity index is 267. The van der Waals surface area contributed by atoms with Crippen LogP contribution in [0.1, 0.15) is 66.2 Å². The molecular formula is C17H34N2. The monoisotopic (exact) mass is 266 g/mol. The Labute approximate surface area is 120 Å². The SMILES string of the molecule is CC(C)NCC(C)(C)CN1CCC2(CCCC2)CC1. The van der Waals surface area contributed by atoms with Gasteiger partial charge in [0, 0.05) is 19.1 Å². The summed E-state index contributed by atoms with van der Waals surface area (Å²) in [5, 5.41) is 3.60. The summed E-state index contributed by atoms with van der Waals surface area (Å²) in [4.78, 5) is 2.71. The molecule has 1 spiro atoms. The van der Waals surface area contributed by atoms with E-state index in [1.165, 1.54) is 58.2 Å². The second-order valence-electron chi connectivity index (χ2n) is 8.18. The number of hydrogen-bond acceptors (Lipinski definition) is 2. The average molecular weight is 266 g/mol. The van der Waals surface area contributed by atoms with Crippen LogP contribution in [0.5, 0.6) is 0 Å². The lowest BCUT2D eigenvalue weighted by atomic mass is 9.76. The van der Waals surface area contributed by atoms with E-state index in [9.17, 15) is 0 Å². The number of piperidine rings is 1. The predicted octanol–water partition coefficient (Wildman–Crippen LogP) is 3.67. The van der Waals surface area contributed by atoms with Crippen molar-refractivity contribution in [3.8, 4) is 0 Å². The van der Waals surface area contributed by atoms with E-state index in [-0.39, 0.29) is 0 Å². The highest BCUT2D eigenvalue weighted by Gasteiger charge is 2.37. The van der Waals surface area contributed by atoms with Gasteiger partial charge in [-0.15, -0.1) is 0 Å². The molecule has 0 aromatic carbocycles. The van der Waals surface area contributed by atoms with Gasteiger partial charge in [-0.1, -0.05) is 40.5 Å². The Hall–Kier alpha value is -0.0800. The first-order valence-electron chi connectivity index (χ1n) is 8.37. The fourth-order valence-corrected chi connectivity index (χ4v) is 3.95. The standard InChI is InChI=1S/C17H34N2/c1-15(2)18-13-16(3,4)14-19-11-9-17(10-12-19)7-5-6-8-17/h15,18H,5-14H2,1-4H3. The van der Waals surface area contributed by atoms with E-state index in [4.69, 9.17) is 0 Å². The van der Waals surface area contributed by atoms with E-state index >= 15 is 0 Å². The summed E-state index contributed by atoms with van der Waals surface area (Å²) < 4.78 is 0. The van der Waals surface area contributed by atoms with E-state index in [2.05, 4.69) is 37.9 Å². The van der Waals surface area contributed by atoms with Gasteiger partial charge in [-0.3, -0.25) is 0 Å². The number of nitrogens with one attached hydrogen (secondary N) is 1. The van der Waals surface area contributed by atoms with Crippen LogP contribution in [0.3, 0.4) is 0 Å². The first-order valence-corrected chi connectivity index (χ1v) is 8.37. The van der Waals surface area contributed by atoms with Gasteiger partial charge in [-0.25, -0.2) is 0 Å². The number of likely N-dealkylation sites (tertiary alicyclic amines) is 1. The van der Waals surface area contributed by atoms with Crippen molar-refractivity contribution >= 4 is 0 Å². The zero-order valence-electron chi connectivity index (χ0n) is 13.6. The van der Waals surface area contributed by atoms with E-state index in [0.717, 1.165) is 12.0 Å². The second kappa shape index (κ2) is 6.13. The summed E-state index contributed by atoms with van der Waals surface area (Å²) in [6.07, 6.45) is 8.92. The Kier molecular flexibility index (Phi) is 4.94. The van der Waals surface area contributed by atoms with Crippen molar-refractivity contribution in [3.63, 3.8) is 0 Å². The minimum absolute atomic E-state index is 0.393. The molecule has 2 rings (SSSR count). The maximum atomic E-state index is 3.60. The molecule has 1 saturated heterocycles. The van der Waals surface area contributed by atoms with Crippen molar-refractivity contribution in [2.24, 2.45) is 10.8 Å². The fourth-order valence-electron chi connectivity index (χ4n) is 3.95. The predicted molar refractivity (Wildman–Crippen MR) is 83.5 cm³/mol. The van der Waals surface area contributed by atoms with Gasteiger partial charge in [0.2, 0.25) is 0 Å². The van der Waals surface area contributed by atoms with Crippen LogP contribution < -0.4 is 5.32 Å². The molecule has 0 aromatic heterocycles. The molecule has 2 heteroatoms. The lowest BCUT2D eigenvalue weighted by molar-refractivity contribution is 0.0775. The lowest BCUT2D eigenvalue weighted by Gasteiger charge is -2.42. The third kappa shape index (κ3) is 4.46. The highest BCUT2D eigenvalue weighted by molar-refractivity contribution is 4.91. The highest BCUT2D eigenvalue weighted by Crippen LogP contribution is 2.46. The van der Waals surface area contributed by atoms with Crippen molar-refractivity contribution in [2.45, 2.75) is 72.3 Å². The highest BCUT2D eigenvalue weighted by atomic mass is 15.1. The van der Waals surface area contributed by atoms with E-state index in [0.29, 0.717) is 11.5 Å². The van der Waals surface area contributed by atoms with E-state index in [1.54, 1.807) is 0 Å². The van der Waals surface area contributed by atoms with Crippen LogP contribution in [0, 0.1) is 10.8 Å². The minimum atomic E-state index is 0.393. The smallest absolute Gasteiger partial charge is 0.00448 e. The van der Waals surface area contributed by atoms with Gasteiger partial charge in [0.1, 0.15) is 0 Å². The van der Waals surface area contributed by atoms with Crippen molar-refractivity contribution < 1.29 is 0 Å².